The van der Waals surface area contributed by atoms with E-state index in [1.807, 2.05) is 0 Å². The molecular formula is C11H12O2. The van der Waals surface area contributed by atoms with Crippen molar-refractivity contribution in [3.63, 3.8) is 0 Å². The van der Waals surface area contributed by atoms with E-state index in [0.29, 0.717) is 29.8 Å². The van der Waals surface area contributed by atoms with Crippen molar-refractivity contribution in [1.29, 1.82) is 0 Å². The lowest BCUT2D eigenvalue weighted by Crippen LogP contribution is -2.20. The smallest absolute Gasteiger partial charge is 0.310 e. The highest BCUT2D eigenvalue weighted by Gasteiger charge is 2.70. The first-order chi connectivity index (χ1) is 6.33. The Morgan fingerprint density at radius 2 is 2.08 bits per heavy atom. The van der Waals surface area contributed by atoms with Crippen LogP contribution >= 0.6 is 0 Å². The van der Waals surface area contributed by atoms with Crippen LogP contribution < -0.4 is 0 Å². The number of cyclic esters (lactones) is 1. The average molecular weight is 176 g/mol. The van der Waals surface area contributed by atoms with Gasteiger partial charge in [-0.1, -0.05) is 12.2 Å². The Morgan fingerprint density at radius 3 is 2.77 bits per heavy atom. The van der Waals surface area contributed by atoms with Crippen molar-refractivity contribution < 1.29 is 9.53 Å². The number of carbonyl (C=O) groups excluding carboxylic acids is 1. The van der Waals surface area contributed by atoms with Gasteiger partial charge < -0.3 is 4.74 Å². The molecule has 1 spiro atoms. The van der Waals surface area contributed by atoms with Crippen LogP contribution in [-0.2, 0) is 9.53 Å². The minimum absolute atomic E-state index is 0.0770. The van der Waals surface area contributed by atoms with Gasteiger partial charge >= 0.3 is 5.97 Å². The number of rotatable bonds is 0. The van der Waals surface area contributed by atoms with Crippen LogP contribution in [0.25, 0.3) is 0 Å². The fraction of sp³-hybridized carbons (Fsp3) is 0.727. The van der Waals surface area contributed by atoms with E-state index < -0.39 is 0 Å². The molecule has 2 saturated carbocycles. The number of hydrogen-bond donors (Lipinski definition) is 0. The highest BCUT2D eigenvalue weighted by atomic mass is 16.5. The van der Waals surface area contributed by atoms with Crippen molar-refractivity contribution in [2.24, 2.45) is 29.1 Å². The number of hydrogen-bond acceptors (Lipinski definition) is 2. The molecule has 1 saturated heterocycles. The van der Waals surface area contributed by atoms with Crippen LogP contribution in [-0.4, -0.2) is 12.6 Å². The summed E-state index contributed by atoms with van der Waals surface area (Å²) in [5, 5.41) is 0. The zero-order chi connectivity index (χ0) is 8.63. The molecule has 4 atom stereocenters. The van der Waals surface area contributed by atoms with E-state index in [1.165, 1.54) is 12.8 Å². The third kappa shape index (κ3) is 0.534. The first-order valence-corrected chi connectivity index (χ1v) is 5.18. The van der Waals surface area contributed by atoms with Crippen molar-refractivity contribution in [1.82, 2.24) is 0 Å². The second kappa shape index (κ2) is 1.70. The molecule has 0 aromatic heterocycles. The molecule has 0 N–H and O–H groups in total. The third-order valence-electron chi connectivity index (χ3n) is 4.68. The average Bonchev–Trinajstić information content (AvgIpc) is 2.64. The zero-order valence-electron chi connectivity index (χ0n) is 7.40. The fourth-order valence-corrected chi connectivity index (χ4v) is 4.00. The largest absolute Gasteiger partial charge is 0.465 e. The van der Waals surface area contributed by atoms with Gasteiger partial charge in [-0.15, -0.1) is 0 Å². The summed E-state index contributed by atoms with van der Waals surface area (Å²) < 4.78 is 5.14. The van der Waals surface area contributed by atoms with Gasteiger partial charge in [0, 0.05) is 5.92 Å². The van der Waals surface area contributed by atoms with Gasteiger partial charge in [-0.25, -0.2) is 0 Å². The van der Waals surface area contributed by atoms with Gasteiger partial charge in [0.05, 0.1) is 12.5 Å². The van der Waals surface area contributed by atoms with Crippen molar-refractivity contribution in [2.75, 3.05) is 6.61 Å². The van der Waals surface area contributed by atoms with Crippen LogP contribution in [0.3, 0.4) is 0 Å². The third-order valence-corrected chi connectivity index (χ3v) is 4.68. The topological polar surface area (TPSA) is 26.3 Å². The van der Waals surface area contributed by atoms with Crippen molar-refractivity contribution in [3.05, 3.63) is 12.2 Å². The molecule has 13 heavy (non-hydrogen) atoms. The number of ether oxygens (including phenoxy) is 1. The molecule has 0 aromatic carbocycles. The molecule has 3 fully saturated rings. The Hall–Kier alpha value is -0.790. The summed E-state index contributed by atoms with van der Waals surface area (Å²) in [5.74, 6) is 2.06. The summed E-state index contributed by atoms with van der Waals surface area (Å²) in [6, 6.07) is 0. The molecule has 4 aliphatic rings. The number of fused-ring (bicyclic) bond motifs is 3. The number of esters is 1. The first kappa shape index (κ1) is 6.63. The molecule has 68 valence electrons. The maximum Gasteiger partial charge on any atom is 0.310 e. The highest BCUT2D eigenvalue weighted by molar-refractivity contribution is 5.77. The minimum Gasteiger partial charge on any atom is -0.465 e. The Kier molecular flexibility index (Phi) is 0.868. The molecule has 2 bridgehead atoms. The summed E-state index contributed by atoms with van der Waals surface area (Å²) >= 11 is 0. The van der Waals surface area contributed by atoms with Gasteiger partial charge in [0.2, 0.25) is 0 Å². The molecule has 4 unspecified atom stereocenters. The maximum absolute atomic E-state index is 11.5. The van der Waals surface area contributed by atoms with E-state index in [1.54, 1.807) is 0 Å². The Morgan fingerprint density at radius 1 is 1.31 bits per heavy atom. The normalized spacial score (nSPS) is 52.8. The van der Waals surface area contributed by atoms with Gasteiger partial charge in [-0.05, 0) is 30.1 Å². The van der Waals surface area contributed by atoms with Crippen molar-refractivity contribution >= 4 is 5.97 Å². The molecule has 0 aromatic rings. The molecule has 1 heterocycles. The van der Waals surface area contributed by atoms with Crippen LogP contribution in [0.1, 0.15) is 12.8 Å². The molecule has 1 aliphatic heterocycles. The monoisotopic (exact) mass is 176 g/mol. The van der Waals surface area contributed by atoms with Crippen molar-refractivity contribution in [3.8, 4) is 0 Å². The standard InChI is InChI=1S/C11H12O2/c12-10-9-6(5-13-10)7-1-2-8(9)11(7)3-4-11/h1-2,6-9H,3-5H2. The second-order valence-corrected chi connectivity index (χ2v) is 4.99. The number of allylic oxidation sites excluding steroid dienone is 2. The molecule has 4 rings (SSSR count). The predicted molar refractivity (Wildman–Crippen MR) is 45.7 cm³/mol. The molecule has 2 heteroatoms. The van der Waals surface area contributed by atoms with Crippen LogP contribution in [0.4, 0.5) is 0 Å². The van der Waals surface area contributed by atoms with E-state index in [9.17, 15) is 4.79 Å². The predicted octanol–water partition coefficient (Wildman–Crippen LogP) is 1.37. The van der Waals surface area contributed by atoms with E-state index >= 15 is 0 Å². The van der Waals surface area contributed by atoms with E-state index in [4.69, 9.17) is 4.74 Å². The Balaban J connectivity index is 1.86. The Labute approximate surface area is 77.0 Å². The van der Waals surface area contributed by atoms with E-state index in [-0.39, 0.29) is 11.9 Å². The minimum atomic E-state index is 0.0770. The van der Waals surface area contributed by atoms with E-state index in [2.05, 4.69) is 12.2 Å². The maximum atomic E-state index is 11.5. The van der Waals surface area contributed by atoms with E-state index in [0.717, 1.165) is 0 Å². The summed E-state index contributed by atoms with van der Waals surface area (Å²) in [4.78, 5) is 11.5. The summed E-state index contributed by atoms with van der Waals surface area (Å²) in [6.45, 7) is 0.691. The van der Waals surface area contributed by atoms with Gasteiger partial charge in [-0.2, -0.15) is 0 Å². The van der Waals surface area contributed by atoms with Crippen LogP contribution in [0.2, 0.25) is 0 Å². The van der Waals surface area contributed by atoms with Gasteiger partial charge in [-0.3, -0.25) is 4.79 Å². The van der Waals surface area contributed by atoms with Gasteiger partial charge in [0.15, 0.2) is 0 Å². The van der Waals surface area contributed by atoms with Crippen molar-refractivity contribution in [2.45, 2.75) is 12.8 Å². The van der Waals surface area contributed by atoms with Crippen LogP contribution in [0.5, 0.6) is 0 Å². The number of carbonyl (C=O) groups is 1. The lowest BCUT2D eigenvalue weighted by molar-refractivity contribution is -0.142. The fourth-order valence-electron chi connectivity index (χ4n) is 4.00. The highest BCUT2D eigenvalue weighted by Crippen LogP contribution is 2.72. The molecule has 0 amide bonds. The molecular weight excluding hydrogens is 164 g/mol. The molecule has 3 aliphatic carbocycles. The SMILES string of the molecule is O=C1OCC2C1C1C=CC2C12CC2. The summed E-state index contributed by atoms with van der Waals surface area (Å²) in [6.07, 6.45) is 7.32. The lowest BCUT2D eigenvalue weighted by atomic mass is 9.86. The van der Waals surface area contributed by atoms with Crippen LogP contribution in [0.15, 0.2) is 12.2 Å². The molecule has 0 radical (unpaired) electrons. The lowest BCUT2D eigenvalue weighted by Gasteiger charge is -2.15. The second-order valence-electron chi connectivity index (χ2n) is 4.99. The summed E-state index contributed by atoms with van der Waals surface area (Å²) in [5.41, 5.74) is 0.536. The summed E-state index contributed by atoms with van der Waals surface area (Å²) in [7, 11) is 0. The van der Waals surface area contributed by atoms with Crippen LogP contribution in [0, 0.1) is 29.1 Å². The Bertz CT molecular complexity index is 327. The first-order valence-electron chi connectivity index (χ1n) is 5.18. The molecule has 2 nitrogen and oxygen atoms in total. The van der Waals surface area contributed by atoms with Gasteiger partial charge in [0.1, 0.15) is 0 Å². The van der Waals surface area contributed by atoms with Gasteiger partial charge in [0.25, 0.3) is 0 Å². The zero-order valence-corrected chi connectivity index (χ0v) is 7.40. The quantitative estimate of drug-likeness (QED) is 0.411.